The van der Waals surface area contributed by atoms with Crippen molar-refractivity contribution < 1.29 is 13.6 Å². The molecule has 1 N–H and O–H groups in total. The Labute approximate surface area is 136 Å². The number of fused-ring (bicyclic) bond motifs is 1. The van der Waals surface area contributed by atoms with Crippen molar-refractivity contribution in [1.29, 1.82) is 0 Å². The van der Waals surface area contributed by atoms with Gasteiger partial charge in [0.05, 0.1) is 17.5 Å². The first-order valence-corrected chi connectivity index (χ1v) is 7.26. The van der Waals surface area contributed by atoms with E-state index < -0.39 is 23.2 Å². The number of carbonyl (C=O) groups excluding carboxylic acids is 1. The smallest absolute Gasteiger partial charge is 0.321 e. The first kappa shape index (κ1) is 15.9. The lowest BCUT2D eigenvalue weighted by Crippen LogP contribution is -2.19. The second-order valence-electron chi connectivity index (χ2n) is 5.55. The Morgan fingerprint density at radius 1 is 1.04 bits per heavy atom. The van der Waals surface area contributed by atoms with Gasteiger partial charge in [0.1, 0.15) is 17.3 Å². The van der Waals surface area contributed by atoms with E-state index in [-0.39, 0.29) is 12.1 Å². The van der Waals surface area contributed by atoms with Crippen LogP contribution in [0.5, 0.6) is 0 Å². The summed E-state index contributed by atoms with van der Waals surface area (Å²) in [5.74, 6) is -2.20. The molecular weight excluding hydrogens is 316 g/mol. The van der Waals surface area contributed by atoms with Crippen molar-refractivity contribution in [2.24, 2.45) is 14.1 Å². The van der Waals surface area contributed by atoms with Crippen molar-refractivity contribution in [1.82, 2.24) is 9.13 Å². The molecule has 0 saturated heterocycles. The Bertz CT molecular complexity index is 985. The average molecular weight is 331 g/mol. The van der Waals surface area contributed by atoms with Crippen molar-refractivity contribution in [2.45, 2.75) is 6.42 Å². The van der Waals surface area contributed by atoms with E-state index in [1.807, 2.05) is 0 Å². The van der Waals surface area contributed by atoms with Gasteiger partial charge in [0.25, 0.3) is 0 Å². The number of amides is 1. The number of rotatable bonds is 3. The second-order valence-corrected chi connectivity index (χ2v) is 5.55. The summed E-state index contributed by atoms with van der Waals surface area (Å²) in [6, 6.07) is 8.54. The molecule has 0 bridgehead atoms. The van der Waals surface area contributed by atoms with Gasteiger partial charge in [-0.25, -0.2) is 13.6 Å². The van der Waals surface area contributed by atoms with Crippen LogP contribution in [-0.4, -0.2) is 15.0 Å². The van der Waals surface area contributed by atoms with Gasteiger partial charge in [-0.2, -0.15) is 0 Å². The summed E-state index contributed by atoms with van der Waals surface area (Å²) >= 11 is 0. The number of anilines is 1. The van der Waals surface area contributed by atoms with Gasteiger partial charge >= 0.3 is 5.69 Å². The molecule has 5 nitrogen and oxygen atoms in total. The predicted molar refractivity (Wildman–Crippen MR) is 86.9 cm³/mol. The first-order valence-electron chi connectivity index (χ1n) is 7.26. The lowest BCUT2D eigenvalue weighted by atomic mass is 10.1. The van der Waals surface area contributed by atoms with Crippen LogP contribution in [0.2, 0.25) is 0 Å². The number of para-hydroxylation sites is 1. The molecule has 24 heavy (non-hydrogen) atoms. The highest BCUT2D eigenvalue weighted by Crippen LogP contribution is 2.19. The number of hydrogen-bond acceptors (Lipinski definition) is 2. The van der Waals surface area contributed by atoms with E-state index >= 15 is 0 Å². The van der Waals surface area contributed by atoms with Gasteiger partial charge in [-0.1, -0.05) is 12.1 Å². The maximum atomic E-state index is 13.6. The molecule has 0 aliphatic carbocycles. The quantitative estimate of drug-likeness (QED) is 0.801. The first-order chi connectivity index (χ1) is 11.4. The van der Waals surface area contributed by atoms with Gasteiger partial charge in [-0.15, -0.1) is 0 Å². The third kappa shape index (κ3) is 2.68. The van der Waals surface area contributed by atoms with Gasteiger partial charge in [0.2, 0.25) is 5.91 Å². The Morgan fingerprint density at radius 2 is 1.67 bits per heavy atom. The molecule has 2 aromatic carbocycles. The van der Waals surface area contributed by atoms with Crippen LogP contribution in [0.15, 0.2) is 41.2 Å². The van der Waals surface area contributed by atoms with Gasteiger partial charge in [-0.05, 0) is 29.8 Å². The summed E-state index contributed by atoms with van der Waals surface area (Å²) < 4.78 is 30.1. The fourth-order valence-corrected chi connectivity index (χ4v) is 2.65. The van der Waals surface area contributed by atoms with Gasteiger partial charge in [0, 0.05) is 14.1 Å². The third-order valence-electron chi connectivity index (χ3n) is 3.93. The summed E-state index contributed by atoms with van der Waals surface area (Å²) in [7, 11) is 3.31. The van der Waals surface area contributed by atoms with Gasteiger partial charge in [-0.3, -0.25) is 13.9 Å². The molecule has 0 spiro atoms. The molecule has 3 aromatic rings. The molecular formula is C17H15F2N3O2. The zero-order valence-electron chi connectivity index (χ0n) is 13.1. The zero-order chi connectivity index (χ0) is 17.4. The van der Waals surface area contributed by atoms with E-state index in [4.69, 9.17) is 0 Å². The standard InChI is InChI=1S/C17H15F2N3O2/c1-21-13-7-6-10(8-14(13)22(2)17(21)24)9-15(23)20-16-11(18)4-3-5-12(16)19/h3-8H,9H2,1-2H3,(H,20,23). The minimum atomic E-state index is -0.829. The Hall–Kier alpha value is -2.96. The van der Waals surface area contributed by atoms with E-state index in [1.54, 1.807) is 32.3 Å². The molecule has 0 fully saturated rings. The number of nitrogens with zero attached hydrogens (tertiary/aromatic N) is 2. The fraction of sp³-hybridized carbons (Fsp3) is 0.176. The fourth-order valence-electron chi connectivity index (χ4n) is 2.65. The largest absolute Gasteiger partial charge is 0.328 e. The SMILES string of the molecule is Cn1c(=O)n(C)c2cc(CC(=O)Nc3c(F)cccc3F)ccc21. The Morgan fingerprint density at radius 3 is 2.33 bits per heavy atom. The van der Waals surface area contributed by atoms with Gasteiger partial charge < -0.3 is 5.32 Å². The van der Waals surface area contributed by atoms with Crippen molar-refractivity contribution >= 4 is 22.6 Å². The summed E-state index contributed by atoms with van der Waals surface area (Å²) in [5.41, 5.74) is 1.44. The van der Waals surface area contributed by atoms with Crippen LogP contribution in [0.1, 0.15) is 5.56 Å². The summed E-state index contributed by atoms with van der Waals surface area (Å²) in [5, 5.41) is 2.24. The summed E-state index contributed by atoms with van der Waals surface area (Å²) in [6.45, 7) is 0. The lowest BCUT2D eigenvalue weighted by Gasteiger charge is -2.08. The van der Waals surface area contributed by atoms with Crippen molar-refractivity contribution in [3.63, 3.8) is 0 Å². The van der Waals surface area contributed by atoms with Crippen molar-refractivity contribution in [3.8, 4) is 0 Å². The molecule has 1 aromatic heterocycles. The van der Waals surface area contributed by atoms with Gasteiger partial charge in [0.15, 0.2) is 0 Å². The van der Waals surface area contributed by atoms with Crippen LogP contribution >= 0.6 is 0 Å². The molecule has 3 rings (SSSR count). The van der Waals surface area contributed by atoms with E-state index in [0.29, 0.717) is 11.1 Å². The number of aromatic nitrogens is 2. The Kier molecular flexibility index (Phi) is 3.92. The van der Waals surface area contributed by atoms with E-state index in [2.05, 4.69) is 5.32 Å². The molecule has 0 aliphatic rings. The van der Waals surface area contributed by atoms with Crippen LogP contribution in [-0.2, 0) is 25.3 Å². The van der Waals surface area contributed by atoms with Crippen LogP contribution < -0.4 is 11.0 Å². The minimum absolute atomic E-state index is 0.0627. The molecule has 124 valence electrons. The molecule has 1 heterocycles. The lowest BCUT2D eigenvalue weighted by molar-refractivity contribution is -0.115. The number of carbonyl (C=O) groups is 1. The third-order valence-corrected chi connectivity index (χ3v) is 3.93. The molecule has 0 radical (unpaired) electrons. The summed E-state index contributed by atoms with van der Waals surface area (Å²) in [6.07, 6.45) is -0.0627. The highest BCUT2D eigenvalue weighted by atomic mass is 19.1. The topological polar surface area (TPSA) is 56.0 Å². The second kappa shape index (κ2) is 5.92. The highest BCUT2D eigenvalue weighted by Gasteiger charge is 2.14. The normalized spacial score (nSPS) is 11.0. The highest BCUT2D eigenvalue weighted by molar-refractivity contribution is 5.93. The minimum Gasteiger partial charge on any atom is -0.321 e. The monoisotopic (exact) mass is 331 g/mol. The molecule has 0 saturated carbocycles. The number of hydrogen-bond donors (Lipinski definition) is 1. The molecule has 0 aliphatic heterocycles. The predicted octanol–water partition coefficient (Wildman–Crippen LogP) is 2.34. The summed E-state index contributed by atoms with van der Waals surface area (Å²) in [4.78, 5) is 24.0. The number of halogens is 2. The maximum absolute atomic E-state index is 13.6. The molecule has 7 heteroatoms. The molecule has 0 atom stereocenters. The number of aryl methyl sites for hydroxylation is 2. The van der Waals surface area contributed by atoms with E-state index in [0.717, 1.165) is 17.6 Å². The number of nitrogens with one attached hydrogen (secondary N) is 1. The zero-order valence-corrected chi connectivity index (χ0v) is 13.1. The van der Waals surface area contributed by atoms with E-state index in [1.165, 1.54) is 15.2 Å². The van der Waals surface area contributed by atoms with Crippen LogP contribution in [0.25, 0.3) is 11.0 Å². The molecule has 0 unspecified atom stereocenters. The van der Waals surface area contributed by atoms with Crippen molar-refractivity contribution in [3.05, 3.63) is 64.1 Å². The molecule has 1 amide bonds. The van der Waals surface area contributed by atoms with Crippen LogP contribution in [0, 0.1) is 11.6 Å². The van der Waals surface area contributed by atoms with Crippen molar-refractivity contribution in [2.75, 3.05) is 5.32 Å². The van der Waals surface area contributed by atoms with Crippen LogP contribution in [0.4, 0.5) is 14.5 Å². The maximum Gasteiger partial charge on any atom is 0.328 e. The average Bonchev–Trinajstić information content (AvgIpc) is 2.76. The number of imidazole rings is 1. The Balaban J connectivity index is 1.86. The number of benzene rings is 2. The van der Waals surface area contributed by atoms with Crippen LogP contribution in [0.3, 0.4) is 0 Å². The van der Waals surface area contributed by atoms with E-state index in [9.17, 15) is 18.4 Å².